The standard InChI is InChI=1S/C24H33N5OS/c1-4-28-11-13-29(14-12-28)22-17(2)18(3)26-24(27-22)31-16-20-7-9-21(10-8-20)23(30)25-15-19-5-6-19/h7-10,19H,4-6,11-16H2,1-3H3,(H,25,30). The van der Waals surface area contributed by atoms with Crippen LogP contribution in [0.25, 0.3) is 0 Å². The number of nitrogens with zero attached hydrogens (tertiary/aromatic N) is 4. The predicted octanol–water partition coefficient (Wildman–Crippen LogP) is 3.67. The minimum absolute atomic E-state index is 0.0245. The van der Waals surface area contributed by atoms with Crippen LogP contribution in [0.2, 0.25) is 0 Å². The molecule has 0 atom stereocenters. The van der Waals surface area contributed by atoms with Gasteiger partial charge in [-0.1, -0.05) is 30.8 Å². The number of amides is 1. The first kappa shape index (κ1) is 22.1. The molecule has 0 bridgehead atoms. The molecular weight excluding hydrogens is 406 g/mol. The molecule has 1 aliphatic carbocycles. The van der Waals surface area contributed by atoms with Gasteiger partial charge in [0.15, 0.2) is 5.16 Å². The molecule has 31 heavy (non-hydrogen) atoms. The molecule has 1 N–H and O–H groups in total. The molecule has 0 radical (unpaired) electrons. The number of hydrogen-bond donors (Lipinski definition) is 1. The van der Waals surface area contributed by atoms with Crippen molar-refractivity contribution in [3.05, 3.63) is 46.6 Å². The number of piperazine rings is 1. The maximum Gasteiger partial charge on any atom is 0.251 e. The van der Waals surface area contributed by atoms with Crippen LogP contribution >= 0.6 is 11.8 Å². The van der Waals surface area contributed by atoms with Crippen LogP contribution in [0.1, 0.15) is 46.9 Å². The number of hydrogen-bond acceptors (Lipinski definition) is 6. The zero-order valence-electron chi connectivity index (χ0n) is 18.9. The summed E-state index contributed by atoms with van der Waals surface area (Å²) in [6.45, 7) is 12.5. The van der Waals surface area contributed by atoms with E-state index >= 15 is 0 Å². The lowest BCUT2D eigenvalue weighted by Gasteiger charge is -2.35. The van der Waals surface area contributed by atoms with Crippen molar-refractivity contribution in [2.75, 3.05) is 44.2 Å². The smallest absolute Gasteiger partial charge is 0.251 e. The molecule has 7 heteroatoms. The molecule has 166 valence electrons. The van der Waals surface area contributed by atoms with Crippen molar-refractivity contribution in [1.29, 1.82) is 0 Å². The van der Waals surface area contributed by atoms with Gasteiger partial charge >= 0.3 is 0 Å². The van der Waals surface area contributed by atoms with Gasteiger partial charge in [-0.2, -0.15) is 0 Å². The third-order valence-corrected chi connectivity index (χ3v) is 7.21. The Morgan fingerprint density at radius 3 is 2.45 bits per heavy atom. The van der Waals surface area contributed by atoms with E-state index in [9.17, 15) is 4.79 Å². The average molecular weight is 440 g/mol. The van der Waals surface area contributed by atoms with E-state index in [0.717, 1.165) is 67.3 Å². The van der Waals surface area contributed by atoms with E-state index in [1.807, 2.05) is 24.3 Å². The van der Waals surface area contributed by atoms with Gasteiger partial charge in [0.05, 0.1) is 0 Å². The SMILES string of the molecule is CCN1CCN(c2nc(SCc3ccc(C(=O)NCC4CC4)cc3)nc(C)c2C)CC1. The van der Waals surface area contributed by atoms with Crippen LogP contribution in [-0.4, -0.2) is 60.0 Å². The van der Waals surface area contributed by atoms with E-state index in [0.29, 0.717) is 5.92 Å². The summed E-state index contributed by atoms with van der Waals surface area (Å²) in [6.07, 6.45) is 2.49. The highest BCUT2D eigenvalue weighted by Crippen LogP contribution is 2.28. The van der Waals surface area contributed by atoms with Crippen molar-refractivity contribution in [3.8, 4) is 0 Å². The third-order valence-electron chi connectivity index (χ3n) is 6.29. The number of likely N-dealkylation sites (N-methyl/N-ethyl adjacent to an activating group) is 1. The van der Waals surface area contributed by atoms with Crippen molar-refractivity contribution >= 4 is 23.5 Å². The Kier molecular flexibility index (Phi) is 7.13. The number of anilines is 1. The largest absolute Gasteiger partial charge is 0.354 e. The van der Waals surface area contributed by atoms with E-state index < -0.39 is 0 Å². The number of nitrogens with one attached hydrogen (secondary N) is 1. The zero-order valence-corrected chi connectivity index (χ0v) is 19.7. The number of carbonyl (C=O) groups excluding carboxylic acids is 1. The van der Waals surface area contributed by atoms with Gasteiger partial charge in [0.2, 0.25) is 0 Å². The number of aryl methyl sites for hydroxylation is 1. The van der Waals surface area contributed by atoms with Gasteiger partial charge < -0.3 is 15.1 Å². The number of carbonyl (C=O) groups is 1. The highest BCUT2D eigenvalue weighted by Gasteiger charge is 2.22. The molecule has 1 saturated carbocycles. The summed E-state index contributed by atoms with van der Waals surface area (Å²) < 4.78 is 0. The van der Waals surface area contributed by atoms with Crippen molar-refractivity contribution in [3.63, 3.8) is 0 Å². The summed E-state index contributed by atoms with van der Waals surface area (Å²) in [5.74, 6) is 2.58. The van der Waals surface area contributed by atoms with Gasteiger partial charge in [-0.15, -0.1) is 0 Å². The minimum Gasteiger partial charge on any atom is -0.354 e. The van der Waals surface area contributed by atoms with E-state index in [2.05, 4.69) is 35.9 Å². The molecule has 4 rings (SSSR count). The minimum atomic E-state index is 0.0245. The molecule has 1 aromatic heterocycles. The second kappa shape index (κ2) is 10.0. The molecule has 2 fully saturated rings. The second-order valence-corrected chi connectivity index (χ2v) is 9.54. The Bertz CT molecular complexity index is 905. The van der Waals surface area contributed by atoms with Gasteiger partial charge in [0, 0.05) is 55.3 Å². The molecule has 1 aliphatic heterocycles. The van der Waals surface area contributed by atoms with Crippen LogP contribution in [0.5, 0.6) is 0 Å². The number of aromatic nitrogens is 2. The van der Waals surface area contributed by atoms with Crippen molar-refractivity contribution in [2.24, 2.45) is 5.92 Å². The van der Waals surface area contributed by atoms with Crippen LogP contribution in [0, 0.1) is 19.8 Å². The van der Waals surface area contributed by atoms with E-state index in [1.54, 1.807) is 11.8 Å². The van der Waals surface area contributed by atoms with Crippen molar-refractivity contribution in [1.82, 2.24) is 20.2 Å². The van der Waals surface area contributed by atoms with E-state index in [-0.39, 0.29) is 5.91 Å². The molecule has 2 aliphatic rings. The van der Waals surface area contributed by atoms with Crippen LogP contribution in [0.15, 0.2) is 29.4 Å². The Morgan fingerprint density at radius 1 is 1.10 bits per heavy atom. The third kappa shape index (κ3) is 5.77. The van der Waals surface area contributed by atoms with Crippen molar-refractivity contribution in [2.45, 2.75) is 44.5 Å². The molecule has 2 aromatic rings. The van der Waals surface area contributed by atoms with Crippen LogP contribution in [0.4, 0.5) is 5.82 Å². The first-order valence-corrected chi connectivity index (χ1v) is 12.3. The summed E-state index contributed by atoms with van der Waals surface area (Å²) in [5, 5.41) is 3.84. The van der Waals surface area contributed by atoms with E-state index in [1.165, 1.54) is 24.0 Å². The quantitative estimate of drug-likeness (QED) is 0.500. The molecule has 1 saturated heterocycles. The fourth-order valence-corrected chi connectivity index (χ4v) is 4.64. The summed E-state index contributed by atoms with van der Waals surface area (Å²) in [6, 6.07) is 7.89. The van der Waals surface area contributed by atoms with E-state index in [4.69, 9.17) is 9.97 Å². The predicted molar refractivity (Wildman–Crippen MR) is 127 cm³/mol. The van der Waals surface area contributed by atoms with Crippen LogP contribution in [-0.2, 0) is 5.75 Å². The normalized spacial score (nSPS) is 17.1. The maximum absolute atomic E-state index is 12.2. The lowest BCUT2D eigenvalue weighted by molar-refractivity contribution is 0.0952. The molecule has 0 unspecified atom stereocenters. The van der Waals surface area contributed by atoms with Crippen LogP contribution in [0.3, 0.4) is 0 Å². The summed E-state index contributed by atoms with van der Waals surface area (Å²) in [7, 11) is 0. The first-order valence-electron chi connectivity index (χ1n) is 11.4. The van der Waals surface area contributed by atoms with Crippen LogP contribution < -0.4 is 10.2 Å². The molecule has 1 aromatic carbocycles. The Labute approximate surface area is 189 Å². The summed E-state index contributed by atoms with van der Waals surface area (Å²) >= 11 is 1.66. The average Bonchev–Trinajstić information content (AvgIpc) is 3.63. The van der Waals surface area contributed by atoms with Gasteiger partial charge in [0.1, 0.15) is 5.82 Å². The maximum atomic E-state index is 12.2. The molecule has 6 nitrogen and oxygen atoms in total. The highest BCUT2D eigenvalue weighted by molar-refractivity contribution is 7.98. The Morgan fingerprint density at radius 2 is 1.81 bits per heavy atom. The highest BCUT2D eigenvalue weighted by atomic mass is 32.2. The second-order valence-electron chi connectivity index (χ2n) is 8.60. The fraction of sp³-hybridized carbons (Fsp3) is 0.542. The summed E-state index contributed by atoms with van der Waals surface area (Å²) in [4.78, 5) is 26.7. The molecule has 2 heterocycles. The van der Waals surface area contributed by atoms with Gasteiger partial charge in [-0.25, -0.2) is 9.97 Å². The molecule has 1 amide bonds. The summed E-state index contributed by atoms with van der Waals surface area (Å²) in [5.41, 5.74) is 4.12. The monoisotopic (exact) mass is 439 g/mol. The lowest BCUT2D eigenvalue weighted by atomic mass is 10.1. The van der Waals surface area contributed by atoms with Gasteiger partial charge in [0.25, 0.3) is 5.91 Å². The van der Waals surface area contributed by atoms with Gasteiger partial charge in [-0.05, 0) is 56.8 Å². The molecular formula is C24H33N5OS. The van der Waals surface area contributed by atoms with Crippen molar-refractivity contribution < 1.29 is 4.79 Å². The first-order chi connectivity index (χ1) is 15.0. The Hall–Kier alpha value is -2.12. The zero-order chi connectivity index (χ0) is 21.8. The number of thioether (sulfide) groups is 1. The molecule has 0 spiro atoms. The fourth-order valence-electron chi connectivity index (χ4n) is 3.80. The lowest BCUT2D eigenvalue weighted by Crippen LogP contribution is -2.46. The van der Waals surface area contributed by atoms with Gasteiger partial charge in [-0.3, -0.25) is 4.79 Å². The number of benzene rings is 1. The Balaban J connectivity index is 1.36. The number of rotatable bonds is 8. The topological polar surface area (TPSA) is 61.4 Å².